The monoisotopic (exact) mass is 326 g/mol. The van der Waals surface area contributed by atoms with E-state index in [4.69, 9.17) is 25.5 Å². The summed E-state index contributed by atoms with van der Waals surface area (Å²) < 4.78 is 0. The van der Waals surface area contributed by atoms with Crippen molar-refractivity contribution < 1.29 is 50.1 Å². The van der Waals surface area contributed by atoms with Crippen molar-refractivity contribution in [1.29, 1.82) is 0 Å². The van der Waals surface area contributed by atoms with E-state index in [9.17, 15) is 24.6 Å². The number of ketones is 1. The summed E-state index contributed by atoms with van der Waals surface area (Å²) in [6.07, 6.45) is -10.2. The topological polar surface area (TPSA) is 217 Å². The summed E-state index contributed by atoms with van der Waals surface area (Å²) >= 11 is 0. The fourth-order valence-electron chi connectivity index (χ4n) is 1.14. The van der Waals surface area contributed by atoms with Gasteiger partial charge in [-0.15, -0.1) is 0 Å². The molecule has 0 aliphatic heterocycles. The molecule has 0 aromatic carbocycles. The molecule has 0 radical (unpaired) electrons. The molecule has 2 amide bonds. The molecule has 5 atom stereocenters. The summed E-state index contributed by atoms with van der Waals surface area (Å²) in [4.78, 5) is 33.8. The predicted octanol–water partition coefficient (Wildman–Crippen LogP) is -6.51. The van der Waals surface area contributed by atoms with Crippen molar-refractivity contribution in [3.63, 3.8) is 0 Å². The third-order valence-corrected chi connectivity index (χ3v) is 2.52. The van der Waals surface area contributed by atoms with Crippen LogP contribution >= 0.6 is 0 Å². The first kappa shape index (κ1) is 20.3. The first-order valence-corrected chi connectivity index (χ1v) is 5.93. The zero-order valence-corrected chi connectivity index (χ0v) is 11.2. The smallest absolute Gasteiger partial charge is 0.308 e. The number of carbonyl (C=O) groups is 3. The maximum Gasteiger partial charge on any atom is 0.308 e. The highest BCUT2D eigenvalue weighted by Crippen LogP contribution is 2.00. The van der Waals surface area contributed by atoms with Gasteiger partial charge in [0.05, 0.1) is 13.2 Å². The molecule has 0 fully saturated rings. The lowest BCUT2D eigenvalue weighted by atomic mass is 10.1. The van der Waals surface area contributed by atoms with E-state index in [-0.39, 0.29) is 0 Å². The Hall–Kier alpha value is -1.67. The lowest BCUT2D eigenvalue weighted by Crippen LogP contribution is -2.55. The highest BCUT2D eigenvalue weighted by atomic mass is 16.4. The molecule has 128 valence electrons. The second-order valence-electron chi connectivity index (χ2n) is 4.19. The molecular formula is C10H18N2O10. The summed E-state index contributed by atoms with van der Waals surface area (Å²) in [5.41, 5.74) is 3.00. The van der Waals surface area contributed by atoms with Crippen LogP contribution in [-0.4, -0.2) is 97.1 Å². The molecule has 12 heteroatoms. The third kappa shape index (κ3) is 5.61. The maximum atomic E-state index is 11.3. The fourth-order valence-corrected chi connectivity index (χ4v) is 1.14. The van der Waals surface area contributed by atoms with Gasteiger partial charge in [0.25, 0.3) is 11.7 Å². The average Bonchev–Trinajstić information content (AvgIpc) is 2.54. The molecule has 0 saturated heterocycles. The Labute approximate surface area is 123 Å². The number of hydrogen-bond donors (Lipinski definition) is 9. The van der Waals surface area contributed by atoms with Crippen LogP contribution in [0.15, 0.2) is 0 Å². The average molecular weight is 326 g/mol. The van der Waals surface area contributed by atoms with Gasteiger partial charge in [0.15, 0.2) is 12.2 Å². The quantitative estimate of drug-likeness (QED) is 0.152. The van der Waals surface area contributed by atoms with E-state index in [0.29, 0.717) is 0 Å². The summed E-state index contributed by atoms with van der Waals surface area (Å²) in [7, 11) is 0. The van der Waals surface area contributed by atoms with Crippen LogP contribution in [-0.2, 0) is 14.4 Å². The summed E-state index contributed by atoms with van der Waals surface area (Å²) in [6, 6.07) is 0. The largest absolute Gasteiger partial charge is 0.394 e. The Balaban J connectivity index is 4.46. The van der Waals surface area contributed by atoms with Gasteiger partial charge in [0.2, 0.25) is 0 Å². The summed E-state index contributed by atoms with van der Waals surface area (Å²) in [6.45, 7) is -1.93. The van der Waals surface area contributed by atoms with Gasteiger partial charge >= 0.3 is 5.91 Å². The lowest BCUT2D eigenvalue weighted by molar-refractivity contribution is -0.150. The van der Waals surface area contributed by atoms with Crippen LogP contribution in [0.5, 0.6) is 0 Å². The zero-order valence-electron chi connectivity index (χ0n) is 11.2. The van der Waals surface area contributed by atoms with Crippen molar-refractivity contribution in [3.05, 3.63) is 0 Å². The van der Waals surface area contributed by atoms with E-state index in [2.05, 4.69) is 0 Å². The number of hydrazine groups is 1. The number of nitrogens with one attached hydrogen (secondary N) is 2. The minimum atomic E-state index is -2.23. The van der Waals surface area contributed by atoms with Crippen LogP contribution in [0, 0.1) is 0 Å². The van der Waals surface area contributed by atoms with Gasteiger partial charge < -0.3 is 35.7 Å². The molecular weight excluding hydrogens is 308 g/mol. The minimum absolute atomic E-state index is 0.943. The Kier molecular flexibility index (Phi) is 8.66. The molecule has 0 aliphatic carbocycles. The SMILES string of the molecule is O=C(NNC(=O)[C@H](O)[C@H](O)[C@H](O)CO)C(=O)[C@H](O)[C@H](O)CO. The fraction of sp³-hybridized carbons (Fsp3) is 0.700. The molecule has 0 unspecified atom stereocenters. The molecule has 0 rings (SSSR count). The molecule has 12 nitrogen and oxygen atoms in total. The highest BCUT2D eigenvalue weighted by Gasteiger charge is 2.32. The van der Waals surface area contributed by atoms with Gasteiger partial charge in [-0.3, -0.25) is 25.2 Å². The number of rotatable bonds is 8. The van der Waals surface area contributed by atoms with Crippen LogP contribution in [0.4, 0.5) is 0 Å². The van der Waals surface area contributed by atoms with Gasteiger partial charge in [0.1, 0.15) is 18.3 Å². The lowest BCUT2D eigenvalue weighted by Gasteiger charge is -2.21. The van der Waals surface area contributed by atoms with Crippen LogP contribution < -0.4 is 10.9 Å². The van der Waals surface area contributed by atoms with Crippen LogP contribution in [0.1, 0.15) is 0 Å². The van der Waals surface area contributed by atoms with Gasteiger partial charge in [0, 0.05) is 0 Å². The van der Waals surface area contributed by atoms with Crippen molar-refractivity contribution in [2.24, 2.45) is 0 Å². The highest BCUT2D eigenvalue weighted by molar-refractivity contribution is 6.38. The van der Waals surface area contributed by atoms with Gasteiger partial charge in [-0.25, -0.2) is 0 Å². The van der Waals surface area contributed by atoms with Crippen molar-refractivity contribution in [3.8, 4) is 0 Å². The molecule has 0 aromatic heterocycles. The van der Waals surface area contributed by atoms with E-state index in [1.165, 1.54) is 10.9 Å². The number of hydrogen-bond acceptors (Lipinski definition) is 10. The Bertz CT molecular complexity index is 403. The second kappa shape index (κ2) is 9.37. The second-order valence-corrected chi connectivity index (χ2v) is 4.19. The first-order valence-electron chi connectivity index (χ1n) is 5.93. The molecule has 0 heterocycles. The molecule has 22 heavy (non-hydrogen) atoms. The summed E-state index contributed by atoms with van der Waals surface area (Å²) in [5.74, 6) is -4.57. The minimum Gasteiger partial charge on any atom is -0.394 e. The van der Waals surface area contributed by atoms with Gasteiger partial charge in [-0.2, -0.15) is 0 Å². The zero-order chi connectivity index (χ0) is 17.4. The van der Waals surface area contributed by atoms with Crippen molar-refractivity contribution in [2.75, 3.05) is 13.2 Å². The molecule has 0 spiro atoms. The number of carbonyl (C=O) groups excluding carboxylic acids is 3. The molecule has 0 saturated carbocycles. The van der Waals surface area contributed by atoms with Crippen molar-refractivity contribution >= 4 is 17.6 Å². The predicted molar refractivity (Wildman–Crippen MR) is 65.5 cm³/mol. The Morgan fingerprint density at radius 1 is 0.773 bits per heavy atom. The first-order chi connectivity index (χ1) is 10.2. The van der Waals surface area contributed by atoms with E-state index >= 15 is 0 Å². The van der Waals surface area contributed by atoms with Crippen LogP contribution in [0.3, 0.4) is 0 Å². The maximum absolute atomic E-state index is 11.3. The normalized spacial score (nSPS) is 17.8. The molecule has 0 aliphatic rings. The van der Waals surface area contributed by atoms with Crippen molar-refractivity contribution in [1.82, 2.24) is 10.9 Å². The standard InChI is InChI=1S/C10H18N2O10/c13-1-3(15)5(17)7(19)9(21)11-12-10(22)8(20)6(18)4(16)2-14/h3-7,13-19H,1-2H2,(H,11,21)(H,12,22)/t3-,4-,5-,6-,7-/m1/s1. The van der Waals surface area contributed by atoms with Crippen molar-refractivity contribution in [2.45, 2.75) is 30.5 Å². The van der Waals surface area contributed by atoms with Crippen LogP contribution in [0.2, 0.25) is 0 Å². The number of amides is 2. The summed E-state index contributed by atoms with van der Waals surface area (Å²) in [5, 5.41) is 62.6. The van der Waals surface area contributed by atoms with E-state index < -0.39 is 61.3 Å². The number of Topliss-reactive ketones (excluding diaryl/α,β-unsaturated/α-hetero) is 1. The van der Waals surface area contributed by atoms with Gasteiger partial charge in [-0.05, 0) is 0 Å². The van der Waals surface area contributed by atoms with Crippen LogP contribution in [0.25, 0.3) is 0 Å². The van der Waals surface area contributed by atoms with E-state index in [0.717, 1.165) is 0 Å². The Morgan fingerprint density at radius 3 is 1.73 bits per heavy atom. The van der Waals surface area contributed by atoms with Gasteiger partial charge in [-0.1, -0.05) is 0 Å². The number of aliphatic hydroxyl groups is 7. The van der Waals surface area contributed by atoms with E-state index in [1.807, 2.05) is 0 Å². The number of aliphatic hydroxyl groups excluding tert-OH is 7. The molecule has 0 bridgehead atoms. The Morgan fingerprint density at radius 2 is 1.27 bits per heavy atom. The van der Waals surface area contributed by atoms with E-state index in [1.54, 1.807) is 0 Å². The molecule has 0 aromatic rings. The third-order valence-electron chi connectivity index (χ3n) is 2.52. The molecule has 9 N–H and O–H groups in total.